The van der Waals surface area contributed by atoms with Gasteiger partial charge in [-0.05, 0) is 0 Å². The van der Waals surface area contributed by atoms with Crippen LogP contribution < -0.4 is 0 Å². The van der Waals surface area contributed by atoms with Crippen molar-refractivity contribution in [1.29, 1.82) is 0 Å². The number of aliphatic hydroxyl groups is 7. The van der Waals surface area contributed by atoms with Crippen LogP contribution in [0.2, 0.25) is 0 Å². The molecule has 2 fully saturated rings. The summed E-state index contributed by atoms with van der Waals surface area (Å²) < 4.78 is 20.8. The fourth-order valence-corrected chi connectivity index (χ4v) is 2.73. The molecule has 7 N–H and O–H groups in total. The number of methoxy groups -OCH3 is 1. The second-order valence-corrected chi connectivity index (χ2v) is 5.74. The van der Waals surface area contributed by atoms with Gasteiger partial charge in [0.1, 0.15) is 48.8 Å². The summed E-state index contributed by atoms with van der Waals surface area (Å²) in [5.41, 5.74) is 0. The molecule has 0 aromatic rings. The Balaban J connectivity index is 2.12. The number of aliphatic hydroxyl groups excluding tert-OH is 7. The van der Waals surface area contributed by atoms with Crippen LogP contribution in [0.4, 0.5) is 0 Å². The average Bonchev–Trinajstić information content (AvgIpc) is 2.59. The van der Waals surface area contributed by atoms with Crippen LogP contribution >= 0.6 is 0 Å². The summed E-state index contributed by atoms with van der Waals surface area (Å²) in [6.45, 7) is -1.21. The third-order valence-electron chi connectivity index (χ3n) is 4.20. The summed E-state index contributed by atoms with van der Waals surface area (Å²) in [6, 6.07) is 0. The lowest BCUT2D eigenvalue weighted by Crippen LogP contribution is -2.64. The molecule has 11 nitrogen and oxygen atoms in total. The summed E-state index contributed by atoms with van der Waals surface area (Å²) in [5, 5.41) is 67.8. The SMILES string of the molecule is CO[C@H]1O[C@@H](CO)[C@H](O)[C@@H](O)[C@@H]1O[C@@H]1O[C@H](CO)[C@@H](O)[C@@H](O)[C@@H]1O. The van der Waals surface area contributed by atoms with Crippen molar-refractivity contribution in [1.82, 2.24) is 0 Å². The zero-order chi connectivity index (χ0) is 18.0. The Labute approximate surface area is 137 Å². The monoisotopic (exact) mass is 356 g/mol. The van der Waals surface area contributed by atoms with Gasteiger partial charge in [-0.15, -0.1) is 0 Å². The first-order chi connectivity index (χ1) is 11.3. The van der Waals surface area contributed by atoms with Gasteiger partial charge in [-0.1, -0.05) is 0 Å². The molecule has 2 aliphatic rings. The van der Waals surface area contributed by atoms with E-state index in [1.807, 2.05) is 0 Å². The molecule has 0 aromatic heterocycles. The first kappa shape index (κ1) is 19.9. The normalized spacial score (nSPS) is 50.0. The predicted molar refractivity (Wildman–Crippen MR) is 73.4 cm³/mol. The highest BCUT2D eigenvalue weighted by molar-refractivity contribution is 4.93. The molecule has 0 bridgehead atoms. The van der Waals surface area contributed by atoms with Gasteiger partial charge in [0, 0.05) is 7.11 Å². The van der Waals surface area contributed by atoms with Crippen molar-refractivity contribution in [2.45, 2.75) is 61.4 Å². The Hall–Kier alpha value is -0.440. The van der Waals surface area contributed by atoms with Crippen LogP contribution in [0.5, 0.6) is 0 Å². The molecular formula is C13H24O11. The molecule has 0 amide bonds. The first-order valence-electron chi connectivity index (χ1n) is 7.46. The van der Waals surface area contributed by atoms with Crippen molar-refractivity contribution >= 4 is 0 Å². The van der Waals surface area contributed by atoms with Gasteiger partial charge in [0.15, 0.2) is 12.6 Å². The molecule has 0 radical (unpaired) electrons. The third kappa shape index (κ3) is 3.71. The minimum absolute atomic E-state index is 0.565. The van der Waals surface area contributed by atoms with Crippen molar-refractivity contribution in [3.8, 4) is 0 Å². The number of hydrogen-bond acceptors (Lipinski definition) is 11. The highest BCUT2D eigenvalue weighted by Gasteiger charge is 2.50. The smallest absolute Gasteiger partial charge is 0.187 e. The quantitative estimate of drug-likeness (QED) is 0.251. The molecule has 10 atom stereocenters. The lowest BCUT2D eigenvalue weighted by Gasteiger charge is -2.45. The molecule has 24 heavy (non-hydrogen) atoms. The van der Waals surface area contributed by atoms with Gasteiger partial charge in [0.2, 0.25) is 0 Å². The van der Waals surface area contributed by atoms with Crippen molar-refractivity contribution in [2.75, 3.05) is 20.3 Å². The Bertz CT molecular complexity index is 392. The molecule has 2 saturated heterocycles. The maximum absolute atomic E-state index is 10.2. The first-order valence-corrected chi connectivity index (χ1v) is 7.46. The third-order valence-corrected chi connectivity index (χ3v) is 4.20. The zero-order valence-electron chi connectivity index (χ0n) is 13.0. The Morgan fingerprint density at radius 1 is 0.708 bits per heavy atom. The van der Waals surface area contributed by atoms with E-state index in [2.05, 4.69) is 0 Å². The topological polar surface area (TPSA) is 179 Å². The number of hydrogen-bond donors (Lipinski definition) is 7. The van der Waals surface area contributed by atoms with Crippen molar-refractivity contribution < 1.29 is 54.7 Å². The van der Waals surface area contributed by atoms with Gasteiger partial charge < -0.3 is 54.7 Å². The summed E-state index contributed by atoms with van der Waals surface area (Å²) >= 11 is 0. The second kappa shape index (κ2) is 8.29. The standard InChI is InChI=1S/C13H24O11/c1-21-13-11(9(19)7(17)5(3-15)23-13)24-12-10(20)8(18)6(16)4(2-14)22-12/h4-20H,2-3H2,1H3/t4-,5+,6-,7+,8-,9-,10+,11+,12+,13+/m1/s1. The minimum atomic E-state index is -1.68. The lowest BCUT2D eigenvalue weighted by molar-refractivity contribution is -0.364. The molecule has 2 heterocycles. The van der Waals surface area contributed by atoms with Gasteiger partial charge in [-0.2, -0.15) is 0 Å². The van der Waals surface area contributed by atoms with Gasteiger partial charge in [0.05, 0.1) is 13.2 Å². The van der Waals surface area contributed by atoms with Crippen LogP contribution in [0.1, 0.15) is 0 Å². The predicted octanol–water partition coefficient (Wildman–Crippen LogP) is -4.74. The minimum Gasteiger partial charge on any atom is -0.394 e. The van der Waals surface area contributed by atoms with E-state index in [0.717, 1.165) is 0 Å². The summed E-state index contributed by atoms with van der Waals surface area (Å²) in [7, 11) is 1.24. The zero-order valence-corrected chi connectivity index (χ0v) is 13.0. The van der Waals surface area contributed by atoms with E-state index in [1.54, 1.807) is 0 Å². The van der Waals surface area contributed by atoms with Gasteiger partial charge in [0.25, 0.3) is 0 Å². The molecule has 2 rings (SSSR count). The van der Waals surface area contributed by atoms with Crippen LogP contribution in [-0.2, 0) is 18.9 Å². The molecule has 0 saturated carbocycles. The summed E-state index contributed by atoms with van der Waals surface area (Å²) in [6.07, 6.45) is -14.3. The molecule has 0 unspecified atom stereocenters. The van der Waals surface area contributed by atoms with Gasteiger partial charge in [-0.3, -0.25) is 0 Å². The van der Waals surface area contributed by atoms with E-state index in [9.17, 15) is 25.5 Å². The average molecular weight is 356 g/mol. The van der Waals surface area contributed by atoms with E-state index in [4.69, 9.17) is 29.2 Å². The molecule has 0 spiro atoms. The highest BCUT2D eigenvalue weighted by atomic mass is 16.8. The maximum Gasteiger partial charge on any atom is 0.187 e. The van der Waals surface area contributed by atoms with Crippen LogP contribution in [0.15, 0.2) is 0 Å². The Kier molecular flexibility index (Phi) is 6.87. The van der Waals surface area contributed by atoms with Crippen LogP contribution in [0, 0.1) is 0 Å². The summed E-state index contributed by atoms with van der Waals surface area (Å²) in [4.78, 5) is 0. The van der Waals surface area contributed by atoms with Crippen molar-refractivity contribution in [3.05, 3.63) is 0 Å². The largest absolute Gasteiger partial charge is 0.394 e. The van der Waals surface area contributed by atoms with Crippen LogP contribution in [-0.4, -0.2) is 117 Å². The molecule has 11 heteroatoms. The highest BCUT2D eigenvalue weighted by Crippen LogP contribution is 2.29. The molecule has 0 aliphatic carbocycles. The fraction of sp³-hybridized carbons (Fsp3) is 1.00. The molecule has 2 aliphatic heterocycles. The summed E-state index contributed by atoms with van der Waals surface area (Å²) in [5.74, 6) is 0. The van der Waals surface area contributed by atoms with Crippen molar-refractivity contribution in [3.63, 3.8) is 0 Å². The van der Waals surface area contributed by atoms with E-state index >= 15 is 0 Å². The Morgan fingerprint density at radius 2 is 1.21 bits per heavy atom. The van der Waals surface area contributed by atoms with E-state index in [1.165, 1.54) is 7.11 Å². The van der Waals surface area contributed by atoms with Crippen molar-refractivity contribution in [2.24, 2.45) is 0 Å². The van der Waals surface area contributed by atoms with E-state index in [-0.39, 0.29) is 0 Å². The number of rotatable bonds is 5. The van der Waals surface area contributed by atoms with E-state index < -0.39 is 74.6 Å². The van der Waals surface area contributed by atoms with Gasteiger partial charge in [-0.25, -0.2) is 0 Å². The van der Waals surface area contributed by atoms with Gasteiger partial charge >= 0.3 is 0 Å². The molecule has 0 aromatic carbocycles. The van der Waals surface area contributed by atoms with Crippen LogP contribution in [0.25, 0.3) is 0 Å². The maximum atomic E-state index is 10.2. The number of ether oxygens (including phenoxy) is 4. The van der Waals surface area contributed by atoms with Crippen LogP contribution in [0.3, 0.4) is 0 Å². The Morgan fingerprint density at radius 3 is 1.71 bits per heavy atom. The lowest BCUT2D eigenvalue weighted by atomic mass is 9.97. The molecular weight excluding hydrogens is 332 g/mol. The molecule has 142 valence electrons. The second-order valence-electron chi connectivity index (χ2n) is 5.74. The fourth-order valence-electron chi connectivity index (χ4n) is 2.73. The van der Waals surface area contributed by atoms with E-state index in [0.29, 0.717) is 0 Å².